The smallest absolute Gasteiger partial charge is 0.191 e. The molecule has 4 nitrogen and oxygen atoms in total. The fraction of sp³-hybridized carbons (Fsp3) is 0.450. The number of piperidine rings is 1. The van der Waals surface area contributed by atoms with Crippen molar-refractivity contribution in [3.63, 3.8) is 0 Å². The second-order valence-corrected chi connectivity index (χ2v) is 7.73. The van der Waals surface area contributed by atoms with E-state index in [9.17, 15) is 0 Å². The third-order valence-corrected chi connectivity index (χ3v) is 5.66. The molecule has 26 heavy (non-hydrogen) atoms. The molecule has 1 aliphatic heterocycles. The molecule has 0 saturated carbocycles. The predicted molar refractivity (Wildman–Crippen MR) is 124 cm³/mol. The molecule has 0 radical (unpaired) electrons. The van der Waals surface area contributed by atoms with Gasteiger partial charge < -0.3 is 15.5 Å². The van der Waals surface area contributed by atoms with Gasteiger partial charge in [0.2, 0.25) is 0 Å². The topological polar surface area (TPSA) is 39.7 Å². The van der Waals surface area contributed by atoms with Crippen molar-refractivity contribution in [3.8, 4) is 0 Å². The molecule has 6 heteroatoms. The van der Waals surface area contributed by atoms with Gasteiger partial charge in [0.1, 0.15) is 0 Å². The van der Waals surface area contributed by atoms with Crippen LogP contribution >= 0.6 is 35.3 Å². The fourth-order valence-electron chi connectivity index (χ4n) is 3.08. The van der Waals surface area contributed by atoms with Crippen LogP contribution in [0.1, 0.15) is 30.2 Å². The van der Waals surface area contributed by atoms with Gasteiger partial charge in [-0.2, -0.15) is 0 Å². The summed E-state index contributed by atoms with van der Waals surface area (Å²) in [6, 6.07) is 13.1. The van der Waals surface area contributed by atoms with Gasteiger partial charge in [-0.05, 0) is 47.9 Å². The van der Waals surface area contributed by atoms with Crippen molar-refractivity contribution in [2.24, 2.45) is 10.9 Å². The van der Waals surface area contributed by atoms with Gasteiger partial charge in [-0.25, -0.2) is 0 Å². The molecule has 2 N–H and O–H groups in total. The Kier molecular flexibility index (Phi) is 8.71. The average Bonchev–Trinajstić information content (AvgIpc) is 3.17. The zero-order chi connectivity index (χ0) is 17.5. The summed E-state index contributed by atoms with van der Waals surface area (Å²) in [5.41, 5.74) is 2.61. The second kappa shape index (κ2) is 10.8. The van der Waals surface area contributed by atoms with E-state index < -0.39 is 0 Å². The maximum atomic E-state index is 4.29. The summed E-state index contributed by atoms with van der Waals surface area (Å²) in [5, 5.41) is 8.83. The Morgan fingerprint density at radius 1 is 1.12 bits per heavy atom. The Bertz CT molecular complexity index is 662. The summed E-state index contributed by atoms with van der Waals surface area (Å²) in [6.45, 7) is 6.30. The van der Waals surface area contributed by atoms with Crippen molar-refractivity contribution in [1.82, 2.24) is 10.6 Å². The van der Waals surface area contributed by atoms with Crippen molar-refractivity contribution < 1.29 is 0 Å². The van der Waals surface area contributed by atoms with Crippen LogP contribution in [0.25, 0.3) is 0 Å². The number of nitrogens with one attached hydrogen (secondary N) is 2. The van der Waals surface area contributed by atoms with Gasteiger partial charge in [-0.15, -0.1) is 35.3 Å². The average molecular weight is 484 g/mol. The number of aliphatic imine (C=N–C) groups is 1. The lowest BCUT2D eigenvalue weighted by Gasteiger charge is -2.32. The standard InChI is InChI=1S/C20H28N4S.HI/c1-16-9-11-24(12-10-16)18-7-5-17(6-8-18)14-22-20(21-2)23-15-19-4-3-13-25-19;/h3-8,13,16H,9-12,14-15H2,1-2H3,(H2,21,22,23);1H. The minimum atomic E-state index is 0. The monoisotopic (exact) mass is 484 g/mol. The Hall–Kier alpha value is -1.28. The first-order valence-electron chi connectivity index (χ1n) is 9.05. The molecule has 0 amide bonds. The number of rotatable bonds is 5. The van der Waals surface area contributed by atoms with Crippen LogP contribution in [0, 0.1) is 5.92 Å². The number of anilines is 1. The maximum Gasteiger partial charge on any atom is 0.191 e. The van der Waals surface area contributed by atoms with Gasteiger partial charge >= 0.3 is 0 Å². The number of halogens is 1. The highest BCUT2D eigenvalue weighted by molar-refractivity contribution is 14.0. The highest BCUT2D eigenvalue weighted by atomic mass is 127. The third kappa shape index (κ3) is 6.16. The number of hydrogen-bond donors (Lipinski definition) is 2. The molecule has 3 rings (SSSR count). The molecule has 2 aromatic rings. The summed E-state index contributed by atoms with van der Waals surface area (Å²) < 4.78 is 0. The van der Waals surface area contributed by atoms with Crippen molar-refractivity contribution in [3.05, 3.63) is 52.2 Å². The first-order chi connectivity index (χ1) is 12.2. The van der Waals surface area contributed by atoms with Gasteiger partial charge in [0.05, 0.1) is 6.54 Å². The van der Waals surface area contributed by atoms with Gasteiger partial charge in [-0.3, -0.25) is 4.99 Å². The third-order valence-electron chi connectivity index (χ3n) is 4.78. The fourth-order valence-corrected chi connectivity index (χ4v) is 3.73. The van der Waals surface area contributed by atoms with E-state index in [4.69, 9.17) is 0 Å². The molecule has 0 spiro atoms. The Labute approximate surface area is 178 Å². The summed E-state index contributed by atoms with van der Waals surface area (Å²) in [4.78, 5) is 8.10. The van der Waals surface area contributed by atoms with Gasteiger partial charge in [-0.1, -0.05) is 25.1 Å². The lowest BCUT2D eigenvalue weighted by molar-refractivity contribution is 0.438. The number of hydrogen-bond acceptors (Lipinski definition) is 3. The van der Waals surface area contributed by atoms with E-state index in [1.807, 2.05) is 7.05 Å². The molecule has 1 aromatic carbocycles. The van der Waals surface area contributed by atoms with Crippen LogP contribution in [0.4, 0.5) is 5.69 Å². The quantitative estimate of drug-likeness (QED) is 0.374. The zero-order valence-corrected chi connectivity index (χ0v) is 18.7. The number of guanidine groups is 1. The van der Waals surface area contributed by atoms with E-state index in [1.165, 1.54) is 42.1 Å². The summed E-state index contributed by atoms with van der Waals surface area (Å²) >= 11 is 1.76. The highest BCUT2D eigenvalue weighted by Crippen LogP contribution is 2.23. The number of nitrogens with zero attached hydrogens (tertiary/aromatic N) is 2. The van der Waals surface area contributed by atoms with Gasteiger partial charge in [0.25, 0.3) is 0 Å². The molecule has 2 heterocycles. The highest BCUT2D eigenvalue weighted by Gasteiger charge is 2.15. The second-order valence-electron chi connectivity index (χ2n) is 6.69. The maximum absolute atomic E-state index is 4.29. The number of thiophene rings is 1. The summed E-state index contributed by atoms with van der Waals surface area (Å²) in [5.74, 6) is 1.70. The van der Waals surface area contributed by atoms with E-state index >= 15 is 0 Å². The van der Waals surface area contributed by atoms with E-state index in [2.05, 4.69) is 69.2 Å². The van der Waals surface area contributed by atoms with Crippen molar-refractivity contribution >= 4 is 47.0 Å². The molecular weight excluding hydrogens is 455 g/mol. The molecule has 1 aliphatic rings. The van der Waals surface area contributed by atoms with Crippen LogP contribution in [0.15, 0.2) is 46.8 Å². The Balaban J connectivity index is 0.00000243. The minimum absolute atomic E-state index is 0. The Morgan fingerprint density at radius 2 is 1.81 bits per heavy atom. The van der Waals surface area contributed by atoms with Crippen LogP contribution in [-0.4, -0.2) is 26.1 Å². The molecule has 0 atom stereocenters. The molecular formula is C20H29IN4S. The zero-order valence-electron chi connectivity index (χ0n) is 15.6. The number of benzene rings is 1. The SMILES string of the molecule is CN=C(NCc1ccc(N2CCC(C)CC2)cc1)NCc1cccs1.I. The molecule has 0 unspecified atom stereocenters. The van der Waals surface area contributed by atoms with Crippen LogP contribution in [0.3, 0.4) is 0 Å². The van der Waals surface area contributed by atoms with Crippen LogP contribution in [0.2, 0.25) is 0 Å². The molecule has 0 aliphatic carbocycles. The van der Waals surface area contributed by atoms with Crippen LogP contribution in [0.5, 0.6) is 0 Å². The van der Waals surface area contributed by atoms with Gasteiger partial charge in [0, 0.05) is 37.2 Å². The van der Waals surface area contributed by atoms with Crippen molar-refractivity contribution in [2.75, 3.05) is 25.0 Å². The lowest BCUT2D eigenvalue weighted by atomic mass is 9.99. The van der Waals surface area contributed by atoms with E-state index in [0.29, 0.717) is 0 Å². The van der Waals surface area contributed by atoms with E-state index in [0.717, 1.165) is 25.0 Å². The lowest BCUT2D eigenvalue weighted by Crippen LogP contribution is -2.36. The normalized spacial score (nSPS) is 15.5. The summed E-state index contributed by atoms with van der Waals surface area (Å²) in [6.07, 6.45) is 2.60. The van der Waals surface area contributed by atoms with Crippen molar-refractivity contribution in [1.29, 1.82) is 0 Å². The van der Waals surface area contributed by atoms with E-state index in [1.54, 1.807) is 11.3 Å². The van der Waals surface area contributed by atoms with Crippen LogP contribution < -0.4 is 15.5 Å². The largest absolute Gasteiger partial charge is 0.372 e. The molecule has 1 aromatic heterocycles. The minimum Gasteiger partial charge on any atom is -0.372 e. The first-order valence-corrected chi connectivity index (χ1v) is 9.93. The molecule has 0 bridgehead atoms. The van der Waals surface area contributed by atoms with Crippen molar-refractivity contribution in [2.45, 2.75) is 32.9 Å². The van der Waals surface area contributed by atoms with Crippen LogP contribution in [-0.2, 0) is 13.1 Å². The molecule has 142 valence electrons. The molecule has 1 saturated heterocycles. The predicted octanol–water partition coefficient (Wildman–Crippen LogP) is 4.47. The summed E-state index contributed by atoms with van der Waals surface area (Å²) in [7, 11) is 1.81. The van der Waals surface area contributed by atoms with E-state index in [-0.39, 0.29) is 24.0 Å². The molecule has 1 fully saturated rings. The van der Waals surface area contributed by atoms with Gasteiger partial charge in [0.15, 0.2) is 5.96 Å². The first kappa shape index (κ1) is 21.0. The Morgan fingerprint density at radius 3 is 2.42 bits per heavy atom.